The number of nitrogens with zero attached hydrogens (tertiary/aromatic N) is 2. The van der Waals surface area contributed by atoms with Gasteiger partial charge in [-0.25, -0.2) is 4.79 Å². The minimum atomic E-state index is -0.396. The predicted octanol–water partition coefficient (Wildman–Crippen LogP) is 2.76. The molecule has 0 aliphatic heterocycles. The summed E-state index contributed by atoms with van der Waals surface area (Å²) >= 11 is 1.32. The molecule has 2 aromatic heterocycles. The molecule has 0 fully saturated rings. The van der Waals surface area contributed by atoms with Crippen molar-refractivity contribution >= 4 is 17.3 Å². The summed E-state index contributed by atoms with van der Waals surface area (Å²) in [5.74, 6) is 0.0329. The van der Waals surface area contributed by atoms with E-state index in [0.29, 0.717) is 21.9 Å². The normalized spacial score (nSPS) is 10.1. The van der Waals surface area contributed by atoms with E-state index in [9.17, 15) is 4.79 Å². The SMILES string of the molecule is COCOc1cc(C#N)cnc1-c1cc(C(=O)OC)sc1C. The van der Waals surface area contributed by atoms with E-state index in [-0.39, 0.29) is 6.79 Å². The van der Waals surface area contributed by atoms with Gasteiger partial charge in [-0.05, 0) is 13.0 Å². The van der Waals surface area contributed by atoms with Crippen LogP contribution in [0.15, 0.2) is 18.3 Å². The monoisotopic (exact) mass is 318 g/mol. The van der Waals surface area contributed by atoms with Gasteiger partial charge in [0.25, 0.3) is 0 Å². The molecule has 114 valence electrons. The molecule has 0 atom stereocenters. The summed E-state index contributed by atoms with van der Waals surface area (Å²) in [7, 11) is 2.84. The van der Waals surface area contributed by atoms with E-state index in [0.717, 1.165) is 10.4 Å². The van der Waals surface area contributed by atoms with Gasteiger partial charge < -0.3 is 14.2 Å². The molecule has 0 saturated heterocycles. The molecule has 0 bridgehead atoms. The molecule has 0 amide bonds. The molecule has 6 nitrogen and oxygen atoms in total. The van der Waals surface area contributed by atoms with Gasteiger partial charge in [-0.15, -0.1) is 11.3 Å². The number of rotatable bonds is 5. The zero-order valence-electron chi connectivity index (χ0n) is 12.4. The molecule has 0 unspecified atom stereocenters. The van der Waals surface area contributed by atoms with E-state index in [1.807, 2.05) is 13.0 Å². The second kappa shape index (κ2) is 7.02. The standard InChI is InChI=1S/C15H14N2O4S/c1-9-11(5-13(22-9)15(18)20-3)14-12(21-8-19-2)4-10(6-16)7-17-14/h4-5,7H,8H2,1-3H3. The molecule has 0 aliphatic rings. The van der Waals surface area contributed by atoms with E-state index >= 15 is 0 Å². The molecule has 22 heavy (non-hydrogen) atoms. The second-order valence-corrected chi connectivity index (χ2v) is 5.56. The van der Waals surface area contributed by atoms with Crippen molar-refractivity contribution in [2.75, 3.05) is 21.0 Å². The first-order chi connectivity index (χ1) is 10.6. The molecule has 0 saturated carbocycles. The summed E-state index contributed by atoms with van der Waals surface area (Å²) in [6, 6.07) is 5.32. The van der Waals surface area contributed by atoms with E-state index in [1.165, 1.54) is 31.8 Å². The summed E-state index contributed by atoms with van der Waals surface area (Å²) in [5.41, 5.74) is 1.71. The van der Waals surface area contributed by atoms with E-state index in [2.05, 4.69) is 4.98 Å². The minimum absolute atomic E-state index is 0.0383. The first-order valence-electron chi connectivity index (χ1n) is 6.31. The van der Waals surface area contributed by atoms with Gasteiger partial charge in [0, 0.05) is 29.8 Å². The number of hydrogen-bond donors (Lipinski definition) is 0. The number of esters is 1. The number of pyridine rings is 1. The number of carbonyl (C=O) groups excluding carboxylic acids is 1. The largest absolute Gasteiger partial charge is 0.465 e. The maximum atomic E-state index is 11.6. The summed E-state index contributed by atoms with van der Waals surface area (Å²) in [6.07, 6.45) is 1.46. The topological polar surface area (TPSA) is 81.4 Å². The Bertz CT molecular complexity index is 734. The Morgan fingerprint density at radius 2 is 2.18 bits per heavy atom. The summed E-state index contributed by atoms with van der Waals surface area (Å²) in [6.45, 7) is 1.92. The first kappa shape index (κ1) is 15.9. The number of aromatic nitrogens is 1. The zero-order chi connectivity index (χ0) is 16.1. The maximum Gasteiger partial charge on any atom is 0.348 e. The fourth-order valence-electron chi connectivity index (χ4n) is 1.86. The van der Waals surface area contributed by atoms with Crippen molar-refractivity contribution in [1.82, 2.24) is 4.98 Å². The first-order valence-corrected chi connectivity index (χ1v) is 7.13. The molecule has 7 heteroatoms. The number of ether oxygens (including phenoxy) is 3. The summed E-state index contributed by atoms with van der Waals surface area (Å²) < 4.78 is 15.1. The van der Waals surface area contributed by atoms with Crippen LogP contribution in [0, 0.1) is 18.3 Å². The van der Waals surface area contributed by atoms with E-state index < -0.39 is 5.97 Å². The van der Waals surface area contributed by atoms with Gasteiger partial charge in [0.2, 0.25) is 0 Å². The number of methoxy groups -OCH3 is 2. The second-order valence-electron chi connectivity index (χ2n) is 4.31. The number of aryl methyl sites for hydroxylation is 1. The van der Waals surface area contributed by atoms with Crippen LogP contribution in [0.3, 0.4) is 0 Å². The highest BCUT2D eigenvalue weighted by Crippen LogP contribution is 2.35. The van der Waals surface area contributed by atoms with Crippen LogP contribution in [-0.2, 0) is 9.47 Å². The van der Waals surface area contributed by atoms with Gasteiger partial charge in [-0.2, -0.15) is 5.26 Å². The van der Waals surface area contributed by atoms with Gasteiger partial charge in [0.15, 0.2) is 6.79 Å². The average Bonchev–Trinajstić information content (AvgIpc) is 2.93. The number of hydrogen-bond acceptors (Lipinski definition) is 7. The lowest BCUT2D eigenvalue weighted by atomic mass is 10.1. The summed E-state index contributed by atoms with van der Waals surface area (Å²) in [5, 5.41) is 8.98. The van der Waals surface area contributed by atoms with E-state index in [4.69, 9.17) is 19.5 Å². The highest BCUT2D eigenvalue weighted by molar-refractivity contribution is 7.14. The molecule has 2 aromatic rings. The van der Waals surface area contributed by atoms with Gasteiger partial charge >= 0.3 is 5.97 Å². The van der Waals surface area contributed by atoms with Gasteiger partial charge in [0.1, 0.15) is 22.4 Å². The van der Waals surface area contributed by atoms with Crippen molar-refractivity contribution in [3.8, 4) is 23.1 Å². The number of nitriles is 1. The van der Waals surface area contributed by atoms with Crippen LogP contribution >= 0.6 is 11.3 Å². The van der Waals surface area contributed by atoms with Gasteiger partial charge in [-0.1, -0.05) is 0 Å². The third kappa shape index (κ3) is 3.24. The van der Waals surface area contributed by atoms with Crippen LogP contribution in [0.25, 0.3) is 11.3 Å². The third-order valence-corrected chi connectivity index (χ3v) is 3.90. The molecule has 2 heterocycles. The Balaban J connectivity index is 2.49. The minimum Gasteiger partial charge on any atom is -0.465 e. The molecule has 0 aliphatic carbocycles. The lowest BCUT2D eigenvalue weighted by Crippen LogP contribution is -2.02. The van der Waals surface area contributed by atoms with Crippen LogP contribution in [0.5, 0.6) is 5.75 Å². The molecule has 0 aromatic carbocycles. The summed E-state index contributed by atoms with van der Waals surface area (Å²) in [4.78, 5) is 17.3. The molecule has 0 spiro atoms. The van der Waals surface area contributed by atoms with Crippen molar-refractivity contribution in [3.63, 3.8) is 0 Å². The lowest BCUT2D eigenvalue weighted by Gasteiger charge is -2.10. The smallest absolute Gasteiger partial charge is 0.348 e. The van der Waals surface area contributed by atoms with Crippen molar-refractivity contribution in [3.05, 3.63) is 33.6 Å². The van der Waals surface area contributed by atoms with Crippen LogP contribution < -0.4 is 4.74 Å². The van der Waals surface area contributed by atoms with Crippen molar-refractivity contribution in [1.29, 1.82) is 5.26 Å². The van der Waals surface area contributed by atoms with Crippen LogP contribution in [-0.4, -0.2) is 32.0 Å². The highest BCUT2D eigenvalue weighted by atomic mass is 32.1. The Morgan fingerprint density at radius 1 is 1.41 bits per heavy atom. The highest BCUT2D eigenvalue weighted by Gasteiger charge is 2.18. The average molecular weight is 318 g/mol. The zero-order valence-corrected chi connectivity index (χ0v) is 13.2. The quantitative estimate of drug-likeness (QED) is 0.623. The molecular weight excluding hydrogens is 304 g/mol. The van der Waals surface area contributed by atoms with Crippen LogP contribution in [0.1, 0.15) is 20.1 Å². The van der Waals surface area contributed by atoms with E-state index in [1.54, 1.807) is 12.1 Å². The Labute approximate surface area is 131 Å². The molecular formula is C15H14N2O4S. The van der Waals surface area contributed by atoms with Crippen LogP contribution in [0.4, 0.5) is 0 Å². The predicted molar refractivity (Wildman–Crippen MR) is 80.8 cm³/mol. The number of carbonyl (C=O) groups is 1. The van der Waals surface area contributed by atoms with Crippen molar-refractivity contribution in [2.45, 2.75) is 6.92 Å². The number of thiophene rings is 1. The Hall–Kier alpha value is -2.43. The van der Waals surface area contributed by atoms with Crippen molar-refractivity contribution in [2.24, 2.45) is 0 Å². The van der Waals surface area contributed by atoms with Gasteiger partial charge in [-0.3, -0.25) is 4.98 Å². The maximum absolute atomic E-state index is 11.6. The van der Waals surface area contributed by atoms with Crippen molar-refractivity contribution < 1.29 is 19.0 Å². The lowest BCUT2D eigenvalue weighted by molar-refractivity contribution is 0.0513. The Kier molecular flexibility index (Phi) is 5.09. The van der Waals surface area contributed by atoms with Gasteiger partial charge in [0.05, 0.1) is 12.7 Å². The third-order valence-electron chi connectivity index (χ3n) is 2.87. The fraction of sp³-hybridized carbons (Fsp3) is 0.267. The Morgan fingerprint density at radius 3 is 2.82 bits per heavy atom. The van der Waals surface area contributed by atoms with Crippen LogP contribution in [0.2, 0.25) is 0 Å². The molecule has 0 N–H and O–H groups in total. The molecule has 2 rings (SSSR count). The fourth-order valence-corrected chi connectivity index (χ4v) is 2.80. The molecule has 0 radical (unpaired) electrons.